The quantitative estimate of drug-likeness (QED) is 0.794. The van der Waals surface area contributed by atoms with Crippen molar-refractivity contribution in [2.24, 2.45) is 5.92 Å². The highest BCUT2D eigenvalue weighted by Gasteiger charge is 2.52. The SMILES string of the molecule is O=S1CC2(CCCC2CO)c2nc(N3CCC(c4ncc(Cl)cn4)CC3)ncc21. The first-order valence-corrected chi connectivity index (χ1v) is 11.9. The van der Waals surface area contributed by atoms with Crippen LogP contribution in [0.5, 0.6) is 0 Å². The van der Waals surface area contributed by atoms with Crippen LogP contribution >= 0.6 is 11.6 Å². The van der Waals surface area contributed by atoms with E-state index in [0.717, 1.165) is 61.6 Å². The zero-order valence-electron chi connectivity index (χ0n) is 16.1. The highest BCUT2D eigenvalue weighted by molar-refractivity contribution is 7.85. The Morgan fingerprint density at radius 1 is 1.17 bits per heavy atom. The van der Waals surface area contributed by atoms with Crippen molar-refractivity contribution in [1.82, 2.24) is 19.9 Å². The van der Waals surface area contributed by atoms with Gasteiger partial charge < -0.3 is 10.0 Å². The van der Waals surface area contributed by atoms with Crippen LogP contribution in [0.15, 0.2) is 23.5 Å². The predicted molar refractivity (Wildman–Crippen MR) is 111 cm³/mol. The van der Waals surface area contributed by atoms with E-state index in [1.54, 1.807) is 18.6 Å². The minimum Gasteiger partial charge on any atom is -0.396 e. The van der Waals surface area contributed by atoms with Crippen molar-refractivity contribution in [3.05, 3.63) is 35.1 Å². The van der Waals surface area contributed by atoms with Gasteiger partial charge in [0.05, 0.1) is 26.4 Å². The number of piperidine rings is 1. The molecule has 0 bridgehead atoms. The monoisotopic (exact) mass is 433 g/mol. The third kappa shape index (κ3) is 3.25. The van der Waals surface area contributed by atoms with Crippen LogP contribution in [0.1, 0.15) is 49.5 Å². The number of hydrogen-bond donors (Lipinski definition) is 1. The largest absolute Gasteiger partial charge is 0.396 e. The molecule has 0 amide bonds. The lowest BCUT2D eigenvalue weighted by atomic mass is 9.77. The van der Waals surface area contributed by atoms with Crippen LogP contribution < -0.4 is 4.90 Å². The molecule has 2 fully saturated rings. The lowest BCUT2D eigenvalue weighted by molar-refractivity contribution is 0.180. The number of rotatable bonds is 3. The summed E-state index contributed by atoms with van der Waals surface area (Å²) >= 11 is 5.90. The Kier molecular flexibility index (Phi) is 5.04. The number of aliphatic hydroxyl groups excluding tert-OH is 1. The number of halogens is 1. The molecule has 1 saturated heterocycles. The molecule has 7 nitrogen and oxygen atoms in total. The first-order chi connectivity index (χ1) is 14.1. The summed E-state index contributed by atoms with van der Waals surface area (Å²) in [7, 11) is -1.08. The van der Waals surface area contributed by atoms with Gasteiger partial charge in [0.25, 0.3) is 0 Å². The fraction of sp³-hybridized carbons (Fsp3) is 0.600. The van der Waals surface area contributed by atoms with Gasteiger partial charge in [-0.2, -0.15) is 0 Å². The van der Waals surface area contributed by atoms with Gasteiger partial charge in [-0.3, -0.25) is 4.21 Å². The molecule has 2 aromatic rings. The van der Waals surface area contributed by atoms with Crippen molar-refractivity contribution in [3.8, 4) is 0 Å². The smallest absolute Gasteiger partial charge is 0.225 e. The molecule has 5 rings (SSSR count). The Balaban J connectivity index is 1.37. The number of anilines is 1. The second-order valence-corrected chi connectivity index (χ2v) is 10.2. The maximum atomic E-state index is 12.7. The van der Waals surface area contributed by atoms with Crippen LogP contribution in [0.25, 0.3) is 0 Å². The topological polar surface area (TPSA) is 92.1 Å². The molecule has 3 aliphatic rings. The number of aromatic nitrogens is 4. The van der Waals surface area contributed by atoms with Gasteiger partial charge >= 0.3 is 0 Å². The van der Waals surface area contributed by atoms with E-state index in [4.69, 9.17) is 16.6 Å². The van der Waals surface area contributed by atoms with E-state index in [1.165, 1.54) is 0 Å². The summed E-state index contributed by atoms with van der Waals surface area (Å²) in [6, 6.07) is 0. The second kappa shape index (κ2) is 7.56. The van der Waals surface area contributed by atoms with E-state index in [1.807, 2.05) is 0 Å². The average Bonchev–Trinajstić information content (AvgIpc) is 3.29. The van der Waals surface area contributed by atoms with Crippen LogP contribution in [-0.2, 0) is 16.2 Å². The molecule has 1 aliphatic carbocycles. The van der Waals surface area contributed by atoms with Gasteiger partial charge in [-0.15, -0.1) is 0 Å². The standard InChI is InChI=1S/C20H24ClN5O2S/c21-15-8-22-18(23-9-15)13-3-6-26(7-4-13)19-24-10-16-17(25-19)20(12-29(16)28)5-1-2-14(20)11-27/h8-10,13-14,27H,1-7,11-12H2. The fourth-order valence-electron chi connectivity index (χ4n) is 5.20. The summed E-state index contributed by atoms with van der Waals surface area (Å²) < 4.78 is 12.7. The molecule has 3 unspecified atom stereocenters. The summed E-state index contributed by atoms with van der Waals surface area (Å²) in [6.07, 6.45) is 9.88. The maximum absolute atomic E-state index is 12.7. The zero-order chi connectivity index (χ0) is 20.0. The summed E-state index contributed by atoms with van der Waals surface area (Å²) in [5.41, 5.74) is 0.669. The molecular formula is C20H24ClN5O2S. The van der Waals surface area contributed by atoms with Crippen molar-refractivity contribution in [1.29, 1.82) is 0 Å². The van der Waals surface area contributed by atoms with Gasteiger partial charge in [0.15, 0.2) is 0 Å². The third-order valence-corrected chi connectivity index (χ3v) is 8.57. The van der Waals surface area contributed by atoms with E-state index < -0.39 is 10.8 Å². The lowest BCUT2D eigenvalue weighted by Crippen LogP contribution is -2.37. The first kappa shape index (κ1) is 19.3. The maximum Gasteiger partial charge on any atom is 0.225 e. The summed E-state index contributed by atoms with van der Waals surface area (Å²) in [6.45, 7) is 1.78. The van der Waals surface area contributed by atoms with Gasteiger partial charge in [0, 0.05) is 55.4 Å². The van der Waals surface area contributed by atoms with Crippen molar-refractivity contribution >= 4 is 28.3 Å². The average molecular weight is 434 g/mol. The third-order valence-electron chi connectivity index (χ3n) is 6.81. The van der Waals surface area contributed by atoms with Crippen LogP contribution in [0.3, 0.4) is 0 Å². The Morgan fingerprint density at radius 3 is 2.66 bits per heavy atom. The summed E-state index contributed by atoms with van der Waals surface area (Å²) in [4.78, 5) is 21.2. The van der Waals surface area contributed by atoms with Gasteiger partial charge in [-0.25, -0.2) is 19.9 Å². The zero-order valence-corrected chi connectivity index (χ0v) is 17.7. The highest BCUT2D eigenvalue weighted by Crippen LogP contribution is 2.51. The minimum atomic E-state index is -1.08. The van der Waals surface area contributed by atoms with E-state index in [2.05, 4.69) is 19.9 Å². The second-order valence-electron chi connectivity index (χ2n) is 8.32. The molecule has 4 heterocycles. The molecule has 3 atom stereocenters. The van der Waals surface area contributed by atoms with Crippen molar-refractivity contribution in [2.75, 3.05) is 30.3 Å². The number of nitrogens with zero attached hydrogens (tertiary/aromatic N) is 5. The Morgan fingerprint density at radius 2 is 1.93 bits per heavy atom. The van der Waals surface area contributed by atoms with Crippen LogP contribution in [-0.4, -0.2) is 54.7 Å². The molecule has 1 N–H and O–H groups in total. The summed E-state index contributed by atoms with van der Waals surface area (Å²) in [5, 5.41) is 10.5. The molecule has 2 aromatic heterocycles. The molecule has 154 valence electrons. The first-order valence-electron chi connectivity index (χ1n) is 10.2. The molecule has 29 heavy (non-hydrogen) atoms. The molecule has 9 heteroatoms. The van der Waals surface area contributed by atoms with E-state index in [9.17, 15) is 9.32 Å². The Labute approximate surface area is 177 Å². The molecular weight excluding hydrogens is 410 g/mol. The van der Waals surface area contributed by atoms with Gasteiger partial charge in [-0.05, 0) is 31.6 Å². The lowest BCUT2D eigenvalue weighted by Gasteiger charge is -2.33. The molecule has 0 aromatic carbocycles. The van der Waals surface area contributed by atoms with Crippen molar-refractivity contribution in [2.45, 2.75) is 48.3 Å². The minimum absolute atomic E-state index is 0.127. The van der Waals surface area contributed by atoms with E-state index in [0.29, 0.717) is 22.6 Å². The molecule has 2 aliphatic heterocycles. The Bertz CT molecular complexity index is 935. The van der Waals surface area contributed by atoms with E-state index in [-0.39, 0.29) is 17.9 Å². The number of fused-ring (bicyclic) bond motifs is 2. The van der Waals surface area contributed by atoms with Gasteiger partial charge in [-0.1, -0.05) is 18.0 Å². The Hall–Kier alpha value is -1.64. The van der Waals surface area contributed by atoms with Crippen LogP contribution in [0.2, 0.25) is 5.02 Å². The highest BCUT2D eigenvalue weighted by atomic mass is 35.5. The molecule has 1 saturated carbocycles. The van der Waals surface area contributed by atoms with Crippen LogP contribution in [0.4, 0.5) is 5.95 Å². The van der Waals surface area contributed by atoms with Crippen molar-refractivity contribution < 1.29 is 9.32 Å². The number of aliphatic hydroxyl groups is 1. The predicted octanol–water partition coefficient (Wildman–Crippen LogP) is 2.46. The molecule has 0 radical (unpaired) electrons. The molecule has 1 spiro atoms. The van der Waals surface area contributed by atoms with Gasteiger partial charge in [0.2, 0.25) is 5.95 Å². The van der Waals surface area contributed by atoms with Gasteiger partial charge in [0.1, 0.15) is 5.82 Å². The fourth-order valence-corrected chi connectivity index (χ4v) is 7.07. The van der Waals surface area contributed by atoms with Crippen molar-refractivity contribution in [3.63, 3.8) is 0 Å². The normalized spacial score (nSPS) is 29.5. The number of hydrogen-bond acceptors (Lipinski definition) is 7. The van der Waals surface area contributed by atoms with Crippen LogP contribution in [0, 0.1) is 5.92 Å². The van der Waals surface area contributed by atoms with E-state index >= 15 is 0 Å². The summed E-state index contributed by atoms with van der Waals surface area (Å²) in [5.74, 6) is 2.58.